The van der Waals surface area contributed by atoms with Crippen LogP contribution in [0, 0.1) is 6.92 Å². The molecule has 11 heteroatoms. The zero-order valence-electron chi connectivity index (χ0n) is 20.6. The smallest absolute Gasteiger partial charge is 0.497 e. The van der Waals surface area contributed by atoms with Gasteiger partial charge in [-0.05, 0) is 48.2 Å². The summed E-state index contributed by atoms with van der Waals surface area (Å²) in [5.74, 6) is 0.110. The monoisotopic (exact) mass is 550 g/mol. The first-order valence-electron chi connectivity index (χ1n) is 11.7. The summed E-state index contributed by atoms with van der Waals surface area (Å²) in [4.78, 5) is 15.4. The number of alkyl halides is 3. The van der Waals surface area contributed by atoms with E-state index >= 15 is 0 Å². The van der Waals surface area contributed by atoms with Crippen LogP contribution in [0.1, 0.15) is 22.7 Å². The molecule has 1 atom stereocenters. The lowest BCUT2D eigenvalue weighted by Gasteiger charge is -2.27. The van der Waals surface area contributed by atoms with Crippen LogP contribution in [-0.2, 0) is 11.2 Å². The predicted molar refractivity (Wildman–Crippen MR) is 137 cm³/mol. The lowest BCUT2D eigenvalue weighted by Crippen LogP contribution is -2.37. The van der Waals surface area contributed by atoms with Crippen molar-refractivity contribution in [3.63, 3.8) is 0 Å². The molecule has 0 saturated heterocycles. The number of aliphatic hydroxyl groups is 1. The predicted octanol–water partition coefficient (Wildman–Crippen LogP) is 5.67. The summed E-state index contributed by atoms with van der Waals surface area (Å²) in [6, 6.07) is 13.3. The fourth-order valence-corrected chi connectivity index (χ4v) is 4.51. The third kappa shape index (κ3) is 6.43. The SMILES string of the molecule is COc1cc(N[C@@H](C(=O)N2CCc3c(C)cc(OC(F)(F)F)cc32)c2ccc(Cl)cc2)cc(OCCO)c1. The minimum atomic E-state index is -4.86. The molecule has 0 spiro atoms. The molecule has 0 bridgehead atoms. The van der Waals surface area contributed by atoms with E-state index in [2.05, 4.69) is 10.1 Å². The molecule has 1 heterocycles. The number of nitrogens with zero attached hydrogens (tertiary/aromatic N) is 1. The zero-order valence-corrected chi connectivity index (χ0v) is 21.4. The molecule has 7 nitrogen and oxygen atoms in total. The van der Waals surface area contributed by atoms with Gasteiger partial charge < -0.3 is 29.5 Å². The number of amides is 1. The Kier molecular flexibility index (Phi) is 8.23. The summed E-state index contributed by atoms with van der Waals surface area (Å²) in [5.41, 5.74) is 2.84. The fourth-order valence-electron chi connectivity index (χ4n) is 4.38. The minimum Gasteiger partial charge on any atom is -0.497 e. The molecule has 0 aromatic heterocycles. The standard InChI is InChI=1S/C27H26ClF3N2O5/c1-16-11-22(38-27(29,30)31)15-24-23(16)7-8-33(24)26(35)25(17-3-5-18(28)6-4-17)32-19-12-20(36-2)14-21(13-19)37-10-9-34/h3-6,11-15,25,32,34H,7-10H2,1-2H3/t25-/m1/s1. The second kappa shape index (κ2) is 11.4. The van der Waals surface area contributed by atoms with E-state index in [-0.39, 0.29) is 24.9 Å². The molecule has 4 rings (SSSR count). The molecular weight excluding hydrogens is 525 g/mol. The zero-order chi connectivity index (χ0) is 27.4. The van der Waals surface area contributed by atoms with Crippen molar-refractivity contribution in [3.05, 3.63) is 76.3 Å². The summed E-state index contributed by atoms with van der Waals surface area (Å²) < 4.78 is 53.8. The van der Waals surface area contributed by atoms with Crippen molar-refractivity contribution in [2.75, 3.05) is 37.1 Å². The third-order valence-electron chi connectivity index (χ3n) is 6.04. The quantitative estimate of drug-likeness (QED) is 0.357. The van der Waals surface area contributed by atoms with Gasteiger partial charge in [-0.3, -0.25) is 4.79 Å². The number of benzene rings is 3. The first kappa shape index (κ1) is 27.4. The number of hydrogen-bond acceptors (Lipinski definition) is 6. The molecule has 0 fully saturated rings. The Morgan fingerprint density at radius 2 is 1.82 bits per heavy atom. The minimum absolute atomic E-state index is 0.0679. The number of halogens is 4. The third-order valence-corrected chi connectivity index (χ3v) is 6.29. The lowest BCUT2D eigenvalue weighted by atomic mass is 10.0. The van der Waals surface area contributed by atoms with Gasteiger partial charge in [0.05, 0.1) is 19.4 Å². The van der Waals surface area contributed by atoms with Crippen molar-refractivity contribution in [3.8, 4) is 17.2 Å². The number of ether oxygens (including phenoxy) is 3. The Morgan fingerprint density at radius 1 is 1.11 bits per heavy atom. The van der Waals surface area contributed by atoms with Crippen molar-refractivity contribution in [1.29, 1.82) is 0 Å². The van der Waals surface area contributed by atoms with E-state index in [4.69, 9.17) is 26.2 Å². The van der Waals surface area contributed by atoms with Gasteiger partial charge in [0.15, 0.2) is 0 Å². The normalized spacial score (nSPS) is 13.6. The Labute approximate surface area is 222 Å². The highest BCUT2D eigenvalue weighted by Crippen LogP contribution is 2.39. The number of anilines is 2. The van der Waals surface area contributed by atoms with Crippen molar-refractivity contribution in [1.82, 2.24) is 0 Å². The fraction of sp³-hybridized carbons (Fsp3) is 0.296. The number of aliphatic hydroxyl groups excluding tert-OH is 1. The van der Waals surface area contributed by atoms with Crippen LogP contribution in [0.25, 0.3) is 0 Å². The van der Waals surface area contributed by atoms with Crippen LogP contribution >= 0.6 is 11.6 Å². The largest absolute Gasteiger partial charge is 0.573 e. The van der Waals surface area contributed by atoms with Crippen LogP contribution in [0.5, 0.6) is 17.2 Å². The van der Waals surface area contributed by atoms with Crippen molar-refractivity contribution < 1.29 is 37.3 Å². The van der Waals surface area contributed by atoms with Crippen molar-refractivity contribution in [2.45, 2.75) is 25.7 Å². The summed E-state index contributed by atoms with van der Waals surface area (Å²) >= 11 is 6.07. The van der Waals surface area contributed by atoms with Gasteiger partial charge in [-0.15, -0.1) is 13.2 Å². The van der Waals surface area contributed by atoms with Gasteiger partial charge in [-0.1, -0.05) is 23.7 Å². The van der Waals surface area contributed by atoms with Crippen LogP contribution in [-0.4, -0.2) is 44.2 Å². The average molecular weight is 551 g/mol. The number of carbonyl (C=O) groups excluding carboxylic acids is 1. The number of rotatable bonds is 9. The van der Waals surface area contributed by atoms with E-state index in [0.29, 0.717) is 52.0 Å². The van der Waals surface area contributed by atoms with E-state index in [9.17, 15) is 18.0 Å². The highest BCUT2D eigenvalue weighted by Gasteiger charge is 2.35. The Hall–Kier alpha value is -3.63. The Morgan fingerprint density at radius 3 is 2.47 bits per heavy atom. The number of aryl methyl sites for hydroxylation is 1. The Bertz CT molecular complexity index is 1300. The second-order valence-electron chi connectivity index (χ2n) is 8.62. The maximum absolute atomic E-state index is 14.0. The van der Waals surface area contributed by atoms with Crippen molar-refractivity contribution in [2.24, 2.45) is 0 Å². The van der Waals surface area contributed by atoms with Crippen LogP contribution in [0.3, 0.4) is 0 Å². The molecule has 1 aliphatic heterocycles. The maximum Gasteiger partial charge on any atom is 0.573 e. The van der Waals surface area contributed by atoms with Gasteiger partial charge in [0.25, 0.3) is 5.91 Å². The molecule has 1 aliphatic rings. The summed E-state index contributed by atoms with van der Waals surface area (Å²) in [7, 11) is 1.49. The van der Waals surface area contributed by atoms with Gasteiger partial charge in [0, 0.05) is 41.5 Å². The first-order chi connectivity index (χ1) is 18.1. The summed E-state index contributed by atoms with van der Waals surface area (Å²) in [6.45, 7) is 1.87. The number of fused-ring (bicyclic) bond motifs is 1. The van der Waals surface area contributed by atoms with Gasteiger partial charge in [0.1, 0.15) is 29.9 Å². The number of hydrogen-bond donors (Lipinski definition) is 2. The van der Waals surface area contributed by atoms with E-state index in [1.807, 2.05) is 0 Å². The molecule has 202 valence electrons. The lowest BCUT2D eigenvalue weighted by molar-refractivity contribution is -0.274. The molecule has 1 amide bonds. The number of nitrogens with one attached hydrogen (secondary N) is 1. The molecule has 0 unspecified atom stereocenters. The Balaban J connectivity index is 1.71. The molecule has 0 radical (unpaired) electrons. The van der Waals surface area contributed by atoms with Gasteiger partial charge in [-0.25, -0.2) is 0 Å². The second-order valence-corrected chi connectivity index (χ2v) is 9.06. The molecule has 3 aromatic carbocycles. The number of carbonyl (C=O) groups is 1. The molecule has 2 N–H and O–H groups in total. The summed E-state index contributed by atoms with van der Waals surface area (Å²) in [6.07, 6.45) is -4.37. The van der Waals surface area contributed by atoms with E-state index in [0.717, 1.165) is 5.56 Å². The molecule has 0 aliphatic carbocycles. The molecular formula is C27H26ClF3N2O5. The molecule has 0 saturated carbocycles. The highest BCUT2D eigenvalue weighted by atomic mass is 35.5. The summed E-state index contributed by atoms with van der Waals surface area (Å²) in [5, 5.41) is 12.8. The topological polar surface area (TPSA) is 80.3 Å². The molecule has 3 aromatic rings. The van der Waals surface area contributed by atoms with E-state index in [1.165, 1.54) is 24.1 Å². The van der Waals surface area contributed by atoms with Gasteiger partial charge >= 0.3 is 6.36 Å². The van der Waals surface area contributed by atoms with Crippen LogP contribution in [0.4, 0.5) is 24.5 Å². The van der Waals surface area contributed by atoms with E-state index in [1.54, 1.807) is 49.4 Å². The van der Waals surface area contributed by atoms with Gasteiger partial charge in [-0.2, -0.15) is 0 Å². The van der Waals surface area contributed by atoms with Crippen LogP contribution in [0.15, 0.2) is 54.6 Å². The van der Waals surface area contributed by atoms with E-state index < -0.39 is 12.4 Å². The van der Waals surface area contributed by atoms with Crippen LogP contribution in [0.2, 0.25) is 5.02 Å². The molecule has 38 heavy (non-hydrogen) atoms. The maximum atomic E-state index is 14.0. The number of methoxy groups -OCH3 is 1. The highest BCUT2D eigenvalue weighted by molar-refractivity contribution is 6.30. The average Bonchev–Trinajstić information content (AvgIpc) is 3.29. The van der Waals surface area contributed by atoms with Gasteiger partial charge in [0.2, 0.25) is 0 Å². The first-order valence-corrected chi connectivity index (χ1v) is 12.1. The van der Waals surface area contributed by atoms with Crippen molar-refractivity contribution >= 4 is 28.9 Å². The van der Waals surface area contributed by atoms with Crippen LogP contribution < -0.4 is 24.4 Å².